The van der Waals surface area contributed by atoms with Gasteiger partial charge in [0.05, 0.1) is 11.4 Å². The van der Waals surface area contributed by atoms with E-state index in [1.54, 1.807) is 23.6 Å². The van der Waals surface area contributed by atoms with Crippen LogP contribution in [0.3, 0.4) is 0 Å². The number of nitrogens with two attached hydrogens (primary N) is 1. The highest BCUT2D eigenvalue weighted by Gasteiger charge is 2.19. The molecular weight excluding hydrogens is 272 g/mol. The van der Waals surface area contributed by atoms with Crippen LogP contribution in [-0.4, -0.2) is 8.42 Å². The van der Waals surface area contributed by atoms with Gasteiger partial charge in [-0.1, -0.05) is 0 Å². The highest BCUT2D eigenvalue weighted by molar-refractivity contribution is 7.89. The standard InChI is InChI=1S/C11H14N2O3S2/c1-8-2-3-9(16-8)7-13-18(14,15)11-4-5-17-10(11)6-12/h2-5,13H,6-7,12H2,1H3. The van der Waals surface area contributed by atoms with Crippen LogP contribution in [0.15, 0.2) is 32.9 Å². The summed E-state index contributed by atoms with van der Waals surface area (Å²) in [7, 11) is -3.53. The molecule has 2 rings (SSSR count). The number of hydrogen-bond acceptors (Lipinski definition) is 5. The average molecular weight is 286 g/mol. The third-order valence-corrected chi connectivity index (χ3v) is 4.97. The zero-order valence-electron chi connectivity index (χ0n) is 9.84. The Kier molecular flexibility index (Phi) is 3.86. The van der Waals surface area contributed by atoms with Gasteiger partial charge in [0.25, 0.3) is 0 Å². The van der Waals surface area contributed by atoms with Crippen molar-refractivity contribution in [2.75, 3.05) is 0 Å². The zero-order valence-corrected chi connectivity index (χ0v) is 11.5. The largest absolute Gasteiger partial charge is 0.465 e. The Labute approximate surface area is 110 Å². The van der Waals surface area contributed by atoms with Crippen molar-refractivity contribution < 1.29 is 12.8 Å². The fourth-order valence-corrected chi connectivity index (χ4v) is 3.87. The first-order valence-corrected chi connectivity index (χ1v) is 7.70. The molecule has 0 bridgehead atoms. The predicted molar refractivity (Wildman–Crippen MR) is 69.7 cm³/mol. The minimum Gasteiger partial charge on any atom is -0.465 e. The second-order valence-corrected chi connectivity index (χ2v) is 6.49. The molecule has 2 heterocycles. The number of sulfonamides is 1. The van der Waals surface area contributed by atoms with Crippen molar-refractivity contribution in [3.05, 3.63) is 40.0 Å². The van der Waals surface area contributed by atoms with E-state index in [0.29, 0.717) is 10.6 Å². The van der Waals surface area contributed by atoms with Gasteiger partial charge in [-0.15, -0.1) is 11.3 Å². The molecule has 3 N–H and O–H groups in total. The monoisotopic (exact) mass is 286 g/mol. The number of rotatable bonds is 5. The molecule has 7 heteroatoms. The molecule has 0 amide bonds. The van der Waals surface area contributed by atoms with Gasteiger partial charge in [0.15, 0.2) is 0 Å². The number of furan rings is 1. The molecule has 5 nitrogen and oxygen atoms in total. The Morgan fingerprint density at radius 3 is 2.78 bits per heavy atom. The first kappa shape index (κ1) is 13.3. The van der Waals surface area contributed by atoms with Crippen molar-refractivity contribution in [2.24, 2.45) is 5.73 Å². The molecule has 0 aliphatic rings. The van der Waals surface area contributed by atoms with Gasteiger partial charge < -0.3 is 10.2 Å². The van der Waals surface area contributed by atoms with E-state index in [9.17, 15) is 8.42 Å². The second kappa shape index (κ2) is 5.23. The molecule has 0 aliphatic heterocycles. The maximum atomic E-state index is 12.1. The van der Waals surface area contributed by atoms with E-state index in [2.05, 4.69) is 4.72 Å². The van der Waals surface area contributed by atoms with E-state index in [4.69, 9.17) is 10.2 Å². The summed E-state index contributed by atoms with van der Waals surface area (Å²) in [5, 5.41) is 1.72. The fraction of sp³-hybridized carbons (Fsp3) is 0.273. The summed E-state index contributed by atoms with van der Waals surface area (Å²) in [4.78, 5) is 0.899. The van der Waals surface area contributed by atoms with Crippen LogP contribution in [0, 0.1) is 6.92 Å². The number of nitrogens with one attached hydrogen (secondary N) is 1. The van der Waals surface area contributed by atoms with Gasteiger partial charge in [0.2, 0.25) is 10.0 Å². The average Bonchev–Trinajstić information content (AvgIpc) is 2.95. The molecule has 0 saturated heterocycles. The van der Waals surface area contributed by atoms with Crippen LogP contribution in [0.2, 0.25) is 0 Å². The molecule has 0 aliphatic carbocycles. The molecule has 2 aromatic heterocycles. The molecule has 0 spiro atoms. The SMILES string of the molecule is Cc1ccc(CNS(=O)(=O)c2ccsc2CN)o1. The summed E-state index contributed by atoms with van der Waals surface area (Å²) in [6.07, 6.45) is 0. The number of hydrogen-bond donors (Lipinski definition) is 2. The topological polar surface area (TPSA) is 85.3 Å². The third-order valence-electron chi connectivity index (χ3n) is 2.41. The third kappa shape index (κ3) is 2.81. The van der Waals surface area contributed by atoms with Gasteiger partial charge in [-0.3, -0.25) is 0 Å². The lowest BCUT2D eigenvalue weighted by molar-refractivity contribution is 0.475. The summed E-state index contributed by atoms with van der Waals surface area (Å²) < 4.78 is 31.9. The summed E-state index contributed by atoms with van der Waals surface area (Å²) in [6.45, 7) is 2.16. The zero-order chi connectivity index (χ0) is 13.2. The molecule has 0 aromatic carbocycles. The van der Waals surface area contributed by atoms with E-state index in [1.807, 2.05) is 6.92 Å². The number of aryl methyl sites for hydroxylation is 1. The molecule has 2 aromatic rings. The van der Waals surface area contributed by atoms with Crippen molar-refractivity contribution >= 4 is 21.4 Å². The van der Waals surface area contributed by atoms with Crippen LogP contribution in [0.5, 0.6) is 0 Å². The Balaban J connectivity index is 2.13. The molecule has 0 atom stereocenters. The highest BCUT2D eigenvalue weighted by atomic mass is 32.2. The first-order chi connectivity index (χ1) is 8.53. The second-order valence-electron chi connectivity index (χ2n) is 3.75. The van der Waals surface area contributed by atoms with Crippen LogP contribution in [0.25, 0.3) is 0 Å². The number of thiophene rings is 1. The lowest BCUT2D eigenvalue weighted by atomic mass is 10.4. The van der Waals surface area contributed by atoms with Gasteiger partial charge in [-0.25, -0.2) is 13.1 Å². The Bertz CT molecular complexity index is 628. The van der Waals surface area contributed by atoms with Crippen molar-refractivity contribution in [1.82, 2.24) is 4.72 Å². The van der Waals surface area contributed by atoms with Crippen LogP contribution in [-0.2, 0) is 23.1 Å². The van der Waals surface area contributed by atoms with Gasteiger partial charge in [-0.2, -0.15) is 0 Å². The molecule has 0 saturated carbocycles. The maximum Gasteiger partial charge on any atom is 0.242 e. The van der Waals surface area contributed by atoms with Gasteiger partial charge in [0.1, 0.15) is 11.5 Å². The summed E-state index contributed by atoms with van der Waals surface area (Å²) in [5.74, 6) is 1.34. The van der Waals surface area contributed by atoms with Crippen molar-refractivity contribution in [1.29, 1.82) is 0 Å². The van der Waals surface area contributed by atoms with E-state index in [1.165, 1.54) is 11.3 Å². The molecule has 98 valence electrons. The van der Waals surface area contributed by atoms with Crippen LogP contribution in [0.1, 0.15) is 16.4 Å². The van der Waals surface area contributed by atoms with E-state index >= 15 is 0 Å². The van der Waals surface area contributed by atoms with Gasteiger partial charge >= 0.3 is 0 Å². The molecule has 18 heavy (non-hydrogen) atoms. The van der Waals surface area contributed by atoms with Crippen molar-refractivity contribution in [3.63, 3.8) is 0 Å². The van der Waals surface area contributed by atoms with Gasteiger partial charge in [-0.05, 0) is 30.5 Å². The molecule has 0 fully saturated rings. The molecule has 0 unspecified atom stereocenters. The Hall–Kier alpha value is -1.15. The molecular formula is C11H14N2O3S2. The van der Waals surface area contributed by atoms with Crippen molar-refractivity contribution in [3.8, 4) is 0 Å². The fourth-order valence-electron chi connectivity index (χ4n) is 1.54. The highest BCUT2D eigenvalue weighted by Crippen LogP contribution is 2.21. The van der Waals surface area contributed by atoms with Crippen molar-refractivity contribution in [2.45, 2.75) is 24.9 Å². The van der Waals surface area contributed by atoms with E-state index < -0.39 is 10.0 Å². The van der Waals surface area contributed by atoms with Crippen LogP contribution in [0.4, 0.5) is 0 Å². The van der Waals surface area contributed by atoms with Crippen LogP contribution >= 0.6 is 11.3 Å². The van der Waals surface area contributed by atoms with E-state index in [-0.39, 0.29) is 18.0 Å². The smallest absolute Gasteiger partial charge is 0.242 e. The Morgan fingerprint density at radius 1 is 1.39 bits per heavy atom. The lowest BCUT2D eigenvalue weighted by Gasteiger charge is -2.05. The predicted octanol–water partition coefficient (Wildman–Crippen LogP) is 1.59. The minimum absolute atomic E-state index is 0.135. The summed E-state index contributed by atoms with van der Waals surface area (Å²) >= 11 is 1.33. The maximum absolute atomic E-state index is 12.1. The summed E-state index contributed by atoms with van der Waals surface area (Å²) in [6, 6.07) is 5.09. The van der Waals surface area contributed by atoms with Gasteiger partial charge in [0, 0.05) is 11.4 Å². The lowest BCUT2D eigenvalue weighted by Crippen LogP contribution is -2.23. The normalized spacial score (nSPS) is 11.9. The first-order valence-electron chi connectivity index (χ1n) is 5.34. The Morgan fingerprint density at radius 2 is 2.17 bits per heavy atom. The quantitative estimate of drug-likeness (QED) is 0.874. The molecule has 0 radical (unpaired) electrons. The minimum atomic E-state index is -3.53. The summed E-state index contributed by atoms with van der Waals surface area (Å²) in [5.41, 5.74) is 5.50. The van der Waals surface area contributed by atoms with E-state index in [0.717, 1.165) is 5.76 Å². The van der Waals surface area contributed by atoms with Crippen LogP contribution < -0.4 is 10.5 Å².